The first kappa shape index (κ1) is 27.6. The Labute approximate surface area is 231 Å². The van der Waals surface area contributed by atoms with Crippen molar-refractivity contribution >= 4 is 17.7 Å². The number of nitrogens with one attached hydrogen (secondary N) is 1. The summed E-state index contributed by atoms with van der Waals surface area (Å²) in [5.74, 6) is 1.64. The molecule has 4 aromatic rings. The molecule has 0 saturated heterocycles. The minimum atomic E-state index is -0.305. The molecule has 1 heterocycles. The zero-order chi connectivity index (χ0) is 26.7. The summed E-state index contributed by atoms with van der Waals surface area (Å²) in [5, 5.41) is 13.5. The lowest BCUT2D eigenvalue weighted by Gasteiger charge is -2.23. The van der Waals surface area contributed by atoms with Crippen molar-refractivity contribution in [3.8, 4) is 5.69 Å². The van der Waals surface area contributed by atoms with Crippen LogP contribution in [0.15, 0.2) is 90.1 Å². The Kier molecular flexibility index (Phi) is 10.2. The summed E-state index contributed by atoms with van der Waals surface area (Å²) in [7, 11) is 0. The lowest BCUT2D eigenvalue weighted by atomic mass is 9.97. The summed E-state index contributed by atoms with van der Waals surface area (Å²) in [5.41, 5.74) is 4.57. The van der Waals surface area contributed by atoms with E-state index in [1.165, 1.54) is 11.1 Å². The standard InChI is InChI=1S/C32H38N4OS/c1-4-6-17-27(5-2)31(37)33-29(22-25-13-9-7-10-14-25)30-34-35-32(38-23-26-15-11-8-12-16-26)36(30)28-20-18-24(3)19-21-28/h7-16,18-21,27,29H,4-6,17,22-23H2,1-3H3,(H,33,37). The van der Waals surface area contributed by atoms with Gasteiger partial charge in [-0.3, -0.25) is 9.36 Å². The van der Waals surface area contributed by atoms with Crippen molar-refractivity contribution in [3.63, 3.8) is 0 Å². The Balaban J connectivity index is 1.71. The SMILES string of the molecule is CCCCC(CC)C(=O)NC(Cc1ccccc1)c1nnc(SCc2ccccc2)n1-c1ccc(C)cc1. The van der Waals surface area contributed by atoms with Crippen LogP contribution >= 0.6 is 11.8 Å². The highest BCUT2D eigenvalue weighted by molar-refractivity contribution is 7.98. The highest BCUT2D eigenvalue weighted by Crippen LogP contribution is 2.29. The molecule has 198 valence electrons. The van der Waals surface area contributed by atoms with Crippen LogP contribution in [0, 0.1) is 12.8 Å². The molecule has 0 spiro atoms. The largest absolute Gasteiger partial charge is 0.345 e. The van der Waals surface area contributed by atoms with Crippen LogP contribution in [0.4, 0.5) is 0 Å². The van der Waals surface area contributed by atoms with Crippen molar-refractivity contribution in [2.75, 3.05) is 0 Å². The number of nitrogens with zero attached hydrogens (tertiary/aromatic N) is 3. The van der Waals surface area contributed by atoms with Gasteiger partial charge in [-0.25, -0.2) is 0 Å². The maximum atomic E-state index is 13.5. The van der Waals surface area contributed by atoms with Crippen LogP contribution in [0.3, 0.4) is 0 Å². The monoisotopic (exact) mass is 526 g/mol. The van der Waals surface area contributed by atoms with Crippen molar-refractivity contribution < 1.29 is 4.79 Å². The normalized spacial score (nSPS) is 12.7. The average Bonchev–Trinajstić information content (AvgIpc) is 3.37. The van der Waals surface area contributed by atoms with E-state index >= 15 is 0 Å². The third-order valence-electron chi connectivity index (χ3n) is 6.84. The first-order valence-corrected chi connectivity index (χ1v) is 14.6. The topological polar surface area (TPSA) is 59.8 Å². The molecule has 6 heteroatoms. The van der Waals surface area contributed by atoms with Crippen LogP contribution in [-0.4, -0.2) is 20.7 Å². The van der Waals surface area contributed by atoms with E-state index in [2.05, 4.69) is 96.4 Å². The second-order valence-corrected chi connectivity index (χ2v) is 10.7. The van der Waals surface area contributed by atoms with E-state index in [1.54, 1.807) is 11.8 Å². The van der Waals surface area contributed by atoms with Crippen LogP contribution in [0.25, 0.3) is 5.69 Å². The molecule has 38 heavy (non-hydrogen) atoms. The number of thioether (sulfide) groups is 1. The molecule has 0 bridgehead atoms. The molecule has 1 amide bonds. The van der Waals surface area contributed by atoms with Crippen molar-refractivity contribution in [1.29, 1.82) is 0 Å². The van der Waals surface area contributed by atoms with Gasteiger partial charge in [0.05, 0.1) is 6.04 Å². The maximum Gasteiger partial charge on any atom is 0.223 e. The lowest BCUT2D eigenvalue weighted by molar-refractivity contribution is -0.126. The van der Waals surface area contributed by atoms with Gasteiger partial charge in [0.1, 0.15) is 0 Å². The molecule has 5 nitrogen and oxygen atoms in total. The average molecular weight is 527 g/mol. The summed E-state index contributed by atoms with van der Waals surface area (Å²) in [6.45, 7) is 6.35. The van der Waals surface area contributed by atoms with Crippen LogP contribution in [0.2, 0.25) is 0 Å². The smallest absolute Gasteiger partial charge is 0.223 e. The van der Waals surface area contributed by atoms with E-state index in [4.69, 9.17) is 5.10 Å². The highest BCUT2D eigenvalue weighted by atomic mass is 32.2. The van der Waals surface area contributed by atoms with Crippen molar-refractivity contribution in [3.05, 3.63) is 107 Å². The summed E-state index contributed by atoms with van der Waals surface area (Å²) in [6, 6.07) is 28.8. The van der Waals surface area contributed by atoms with Crippen LogP contribution in [0.1, 0.15) is 68.1 Å². The number of unbranched alkanes of at least 4 members (excludes halogenated alkanes) is 1. The first-order valence-electron chi connectivity index (χ1n) is 13.6. The Morgan fingerprint density at radius 2 is 1.55 bits per heavy atom. The van der Waals surface area contributed by atoms with Gasteiger partial charge in [0.15, 0.2) is 11.0 Å². The Bertz CT molecular complexity index is 1270. The van der Waals surface area contributed by atoms with E-state index < -0.39 is 0 Å². The van der Waals surface area contributed by atoms with Gasteiger partial charge in [-0.05, 0) is 49.4 Å². The number of carbonyl (C=O) groups is 1. The second kappa shape index (κ2) is 14.0. The van der Waals surface area contributed by atoms with Crippen molar-refractivity contribution in [2.24, 2.45) is 5.92 Å². The van der Waals surface area contributed by atoms with Crippen molar-refractivity contribution in [1.82, 2.24) is 20.1 Å². The van der Waals surface area contributed by atoms with Crippen molar-refractivity contribution in [2.45, 2.75) is 69.8 Å². The zero-order valence-corrected chi connectivity index (χ0v) is 23.5. The zero-order valence-electron chi connectivity index (χ0n) is 22.6. The number of aryl methyl sites for hydroxylation is 1. The molecular formula is C32H38N4OS. The van der Waals surface area contributed by atoms with Gasteiger partial charge in [0.2, 0.25) is 5.91 Å². The number of hydrogen-bond donors (Lipinski definition) is 1. The summed E-state index contributed by atoms with van der Waals surface area (Å²) in [4.78, 5) is 13.5. The van der Waals surface area contributed by atoms with Gasteiger partial charge in [-0.1, -0.05) is 117 Å². The summed E-state index contributed by atoms with van der Waals surface area (Å²) >= 11 is 1.66. The van der Waals surface area contributed by atoms with Crippen LogP contribution < -0.4 is 5.32 Å². The fourth-order valence-electron chi connectivity index (χ4n) is 4.58. The minimum absolute atomic E-state index is 0.00380. The van der Waals surface area contributed by atoms with Crippen LogP contribution in [-0.2, 0) is 17.0 Å². The third kappa shape index (κ3) is 7.35. The number of benzene rings is 3. The molecule has 0 aliphatic rings. The Hall–Kier alpha value is -3.38. The molecule has 3 aromatic carbocycles. The molecule has 1 aromatic heterocycles. The molecule has 2 atom stereocenters. The van der Waals surface area contributed by atoms with Gasteiger partial charge < -0.3 is 5.32 Å². The van der Waals surface area contributed by atoms with Gasteiger partial charge in [0, 0.05) is 17.4 Å². The molecule has 0 aliphatic heterocycles. The van der Waals surface area contributed by atoms with E-state index in [-0.39, 0.29) is 17.9 Å². The minimum Gasteiger partial charge on any atom is -0.345 e. The second-order valence-electron chi connectivity index (χ2n) is 9.78. The summed E-state index contributed by atoms with van der Waals surface area (Å²) < 4.78 is 2.12. The maximum absolute atomic E-state index is 13.5. The number of amides is 1. The first-order chi connectivity index (χ1) is 18.6. The highest BCUT2D eigenvalue weighted by Gasteiger charge is 2.27. The fraction of sp³-hybridized carbons (Fsp3) is 0.344. The van der Waals surface area contributed by atoms with Crippen LogP contribution in [0.5, 0.6) is 0 Å². The Morgan fingerprint density at radius 1 is 0.895 bits per heavy atom. The fourth-order valence-corrected chi connectivity index (χ4v) is 5.49. The molecule has 0 aliphatic carbocycles. The molecule has 4 rings (SSSR count). The number of hydrogen-bond acceptors (Lipinski definition) is 4. The number of aromatic nitrogens is 3. The van der Waals surface area contributed by atoms with E-state index in [0.717, 1.165) is 53.7 Å². The molecule has 2 unspecified atom stereocenters. The molecule has 1 N–H and O–H groups in total. The van der Waals surface area contributed by atoms with Gasteiger partial charge in [-0.15, -0.1) is 10.2 Å². The predicted octanol–water partition coefficient (Wildman–Crippen LogP) is 7.48. The van der Waals surface area contributed by atoms with E-state index in [1.807, 2.05) is 24.3 Å². The number of rotatable bonds is 13. The third-order valence-corrected chi connectivity index (χ3v) is 7.84. The Morgan fingerprint density at radius 3 is 2.18 bits per heavy atom. The lowest BCUT2D eigenvalue weighted by Crippen LogP contribution is -2.36. The predicted molar refractivity (Wildman–Crippen MR) is 156 cm³/mol. The molecular weight excluding hydrogens is 488 g/mol. The van der Waals surface area contributed by atoms with Gasteiger partial charge >= 0.3 is 0 Å². The van der Waals surface area contributed by atoms with E-state index in [9.17, 15) is 4.79 Å². The molecule has 0 fully saturated rings. The van der Waals surface area contributed by atoms with Gasteiger partial charge in [0.25, 0.3) is 0 Å². The quantitative estimate of drug-likeness (QED) is 0.183. The van der Waals surface area contributed by atoms with Gasteiger partial charge in [-0.2, -0.15) is 0 Å². The molecule has 0 saturated carbocycles. The molecule has 0 radical (unpaired) electrons. The number of carbonyl (C=O) groups excluding carboxylic acids is 1. The summed E-state index contributed by atoms with van der Waals surface area (Å²) in [6.07, 6.45) is 4.51. The van der Waals surface area contributed by atoms with E-state index in [0.29, 0.717) is 6.42 Å².